The lowest BCUT2D eigenvalue weighted by Gasteiger charge is -2.20. The van der Waals surface area contributed by atoms with Gasteiger partial charge in [0.05, 0.1) is 19.8 Å². The summed E-state index contributed by atoms with van der Waals surface area (Å²) in [5, 5.41) is 0. The molecular formula is C10H18O4. The summed E-state index contributed by atoms with van der Waals surface area (Å²) in [5.41, 5.74) is 0.999. The Kier molecular flexibility index (Phi) is 4.07. The molecule has 0 aromatic heterocycles. The maximum atomic E-state index is 5.48. The van der Waals surface area contributed by atoms with Crippen molar-refractivity contribution in [2.45, 2.75) is 25.9 Å². The van der Waals surface area contributed by atoms with E-state index in [4.69, 9.17) is 18.9 Å². The van der Waals surface area contributed by atoms with Crippen LogP contribution in [0, 0.1) is 0 Å². The predicted octanol–water partition coefficient (Wildman–Crippen LogP) is 1.31. The molecule has 0 aromatic carbocycles. The van der Waals surface area contributed by atoms with Gasteiger partial charge < -0.3 is 18.9 Å². The second-order valence-corrected chi connectivity index (χ2v) is 3.59. The molecule has 0 aromatic rings. The van der Waals surface area contributed by atoms with E-state index < -0.39 is 5.97 Å². The van der Waals surface area contributed by atoms with Crippen molar-refractivity contribution in [2.75, 3.05) is 26.9 Å². The van der Waals surface area contributed by atoms with Gasteiger partial charge in [0, 0.05) is 14.0 Å². The third-order valence-electron chi connectivity index (χ3n) is 1.94. The van der Waals surface area contributed by atoms with Gasteiger partial charge in [-0.1, -0.05) is 12.2 Å². The van der Waals surface area contributed by atoms with Crippen LogP contribution < -0.4 is 0 Å². The number of hydrogen-bond donors (Lipinski definition) is 0. The summed E-state index contributed by atoms with van der Waals surface area (Å²) in [7, 11) is 1.55. The average Bonchev–Trinajstić information content (AvgIpc) is 2.48. The van der Waals surface area contributed by atoms with Crippen molar-refractivity contribution >= 4 is 0 Å². The fraction of sp³-hybridized carbons (Fsp3) is 0.800. The van der Waals surface area contributed by atoms with Crippen molar-refractivity contribution < 1.29 is 18.9 Å². The van der Waals surface area contributed by atoms with Crippen molar-refractivity contribution in [3.63, 3.8) is 0 Å². The van der Waals surface area contributed by atoms with Crippen LogP contribution >= 0.6 is 0 Å². The molecule has 0 bridgehead atoms. The lowest BCUT2D eigenvalue weighted by Crippen LogP contribution is -2.29. The molecule has 4 heteroatoms. The Hall–Kier alpha value is -0.420. The van der Waals surface area contributed by atoms with Crippen molar-refractivity contribution in [1.29, 1.82) is 0 Å². The van der Waals surface area contributed by atoms with Gasteiger partial charge in [-0.15, -0.1) is 0 Å². The van der Waals surface area contributed by atoms with E-state index >= 15 is 0 Å². The van der Waals surface area contributed by atoms with E-state index in [1.807, 2.05) is 6.92 Å². The van der Waals surface area contributed by atoms with Gasteiger partial charge in [0.15, 0.2) is 0 Å². The zero-order valence-electron chi connectivity index (χ0n) is 9.04. The molecule has 14 heavy (non-hydrogen) atoms. The summed E-state index contributed by atoms with van der Waals surface area (Å²) in [6.45, 7) is 8.97. The highest BCUT2D eigenvalue weighted by Gasteiger charge is 2.37. The minimum Gasteiger partial charge on any atom is -0.374 e. The molecule has 0 amide bonds. The van der Waals surface area contributed by atoms with Gasteiger partial charge in [-0.25, -0.2) is 0 Å². The van der Waals surface area contributed by atoms with Crippen LogP contribution in [0.4, 0.5) is 0 Å². The molecule has 1 aliphatic heterocycles. The second kappa shape index (κ2) is 4.89. The third-order valence-corrected chi connectivity index (χ3v) is 1.94. The molecule has 1 heterocycles. The summed E-state index contributed by atoms with van der Waals surface area (Å²) in [4.78, 5) is 0. The Labute approximate surface area is 84.8 Å². The van der Waals surface area contributed by atoms with Crippen LogP contribution in [0.15, 0.2) is 12.2 Å². The average molecular weight is 202 g/mol. The SMILES string of the molecule is C=C(C)COCC1COC(C)(OC)O1. The molecule has 82 valence electrons. The van der Waals surface area contributed by atoms with Gasteiger partial charge in [-0.2, -0.15) is 0 Å². The summed E-state index contributed by atoms with van der Waals surface area (Å²) in [6.07, 6.45) is -0.0562. The smallest absolute Gasteiger partial charge is 0.280 e. The molecule has 0 radical (unpaired) electrons. The van der Waals surface area contributed by atoms with Gasteiger partial charge in [-0.05, 0) is 6.92 Å². The first-order valence-electron chi connectivity index (χ1n) is 4.65. The monoisotopic (exact) mass is 202 g/mol. The van der Waals surface area contributed by atoms with Crippen LogP contribution in [0.25, 0.3) is 0 Å². The molecule has 0 spiro atoms. The van der Waals surface area contributed by atoms with E-state index in [2.05, 4.69) is 6.58 Å². The first-order valence-corrected chi connectivity index (χ1v) is 4.65. The van der Waals surface area contributed by atoms with Crippen molar-refractivity contribution in [3.8, 4) is 0 Å². The van der Waals surface area contributed by atoms with Gasteiger partial charge in [0.25, 0.3) is 5.97 Å². The Morgan fingerprint density at radius 2 is 2.36 bits per heavy atom. The lowest BCUT2D eigenvalue weighted by atomic mass is 10.4. The van der Waals surface area contributed by atoms with E-state index in [-0.39, 0.29) is 6.10 Å². The highest BCUT2D eigenvalue weighted by molar-refractivity contribution is 4.87. The number of methoxy groups -OCH3 is 1. The number of hydrogen-bond acceptors (Lipinski definition) is 4. The Morgan fingerprint density at radius 1 is 1.64 bits per heavy atom. The van der Waals surface area contributed by atoms with Gasteiger partial charge in [-0.3, -0.25) is 0 Å². The van der Waals surface area contributed by atoms with E-state index in [1.54, 1.807) is 14.0 Å². The van der Waals surface area contributed by atoms with Gasteiger partial charge in [0.1, 0.15) is 6.10 Å². The first kappa shape index (κ1) is 11.7. The number of rotatable bonds is 5. The second-order valence-electron chi connectivity index (χ2n) is 3.59. The molecule has 1 aliphatic rings. The van der Waals surface area contributed by atoms with Crippen LogP contribution in [0.1, 0.15) is 13.8 Å². The predicted molar refractivity (Wildman–Crippen MR) is 51.9 cm³/mol. The zero-order valence-corrected chi connectivity index (χ0v) is 9.04. The molecule has 4 nitrogen and oxygen atoms in total. The van der Waals surface area contributed by atoms with E-state index in [0.717, 1.165) is 5.57 Å². The van der Waals surface area contributed by atoms with Crippen molar-refractivity contribution in [2.24, 2.45) is 0 Å². The topological polar surface area (TPSA) is 36.9 Å². The normalized spacial score (nSPS) is 32.1. The molecule has 0 saturated carbocycles. The van der Waals surface area contributed by atoms with Crippen LogP contribution in [0.2, 0.25) is 0 Å². The number of ether oxygens (including phenoxy) is 4. The fourth-order valence-corrected chi connectivity index (χ4v) is 1.17. The maximum Gasteiger partial charge on any atom is 0.280 e. The molecule has 1 rings (SSSR count). The Morgan fingerprint density at radius 3 is 2.86 bits per heavy atom. The van der Waals surface area contributed by atoms with Crippen LogP contribution in [-0.4, -0.2) is 39.0 Å². The lowest BCUT2D eigenvalue weighted by molar-refractivity contribution is -0.314. The van der Waals surface area contributed by atoms with Gasteiger partial charge >= 0.3 is 0 Å². The van der Waals surface area contributed by atoms with Gasteiger partial charge in [0.2, 0.25) is 0 Å². The largest absolute Gasteiger partial charge is 0.374 e. The Bertz CT molecular complexity index is 204. The Balaban J connectivity index is 2.19. The van der Waals surface area contributed by atoms with E-state index in [1.165, 1.54) is 0 Å². The molecule has 1 saturated heterocycles. The molecule has 0 N–H and O–H groups in total. The minimum absolute atomic E-state index is 0.0562. The summed E-state index contributed by atoms with van der Waals surface area (Å²) >= 11 is 0. The summed E-state index contributed by atoms with van der Waals surface area (Å²) in [5.74, 6) is -0.906. The molecule has 2 unspecified atom stereocenters. The zero-order chi connectivity index (χ0) is 10.6. The molecule has 1 fully saturated rings. The maximum absolute atomic E-state index is 5.48. The highest BCUT2D eigenvalue weighted by Crippen LogP contribution is 2.23. The fourth-order valence-electron chi connectivity index (χ4n) is 1.17. The summed E-state index contributed by atoms with van der Waals surface area (Å²) < 4.78 is 21.2. The van der Waals surface area contributed by atoms with Crippen LogP contribution in [-0.2, 0) is 18.9 Å². The molecule has 0 aliphatic carbocycles. The van der Waals surface area contributed by atoms with E-state index in [0.29, 0.717) is 19.8 Å². The van der Waals surface area contributed by atoms with Crippen LogP contribution in [0.5, 0.6) is 0 Å². The van der Waals surface area contributed by atoms with Crippen molar-refractivity contribution in [1.82, 2.24) is 0 Å². The quantitative estimate of drug-likeness (QED) is 0.630. The summed E-state index contributed by atoms with van der Waals surface area (Å²) in [6, 6.07) is 0. The minimum atomic E-state index is -0.906. The molecular weight excluding hydrogens is 184 g/mol. The highest BCUT2D eigenvalue weighted by atomic mass is 16.9. The standard InChI is InChI=1S/C10H18O4/c1-8(2)5-12-6-9-7-13-10(3,11-4)14-9/h9H,1,5-7H2,2-4H3. The van der Waals surface area contributed by atoms with Crippen LogP contribution in [0.3, 0.4) is 0 Å². The molecule has 2 atom stereocenters. The third kappa shape index (κ3) is 3.38. The van der Waals surface area contributed by atoms with E-state index in [9.17, 15) is 0 Å². The van der Waals surface area contributed by atoms with Crippen molar-refractivity contribution in [3.05, 3.63) is 12.2 Å². The first-order chi connectivity index (χ1) is 6.56.